The molecule has 2 aromatic heterocycles. The average Bonchev–Trinajstić information content (AvgIpc) is 3.54. The lowest BCUT2D eigenvalue weighted by atomic mass is 10.1. The fraction of sp³-hybridized carbons (Fsp3) is 0.250. The third-order valence-electron chi connectivity index (χ3n) is 6.79. The van der Waals surface area contributed by atoms with Gasteiger partial charge in [0, 0.05) is 24.2 Å². The van der Waals surface area contributed by atoms with Gasteiger partial charge in [-0.25, -0.2) is 4.98 Å². The van der Waals surface area contributed by atoms with Gasteiger partial charge < -0.3 is 14.3 Å². The van der Waals surface area contributed by atoms with E-state index >= 15 is 0 Å². The Morgan fingerprint density at radius 3 is 2.38 bits per heavy atom. The molecule has 1 N–H and O–H groups in total. The second kappa shape index (κ2) is 12.3. The molecular weight excluding hydrogens is 508 g/mol. The second-order valence-electron chi connectivity index (χ2n) is 9.57. The molecule has 0 aliphatic heterocycles. The van der Waals surface area contributed by atoms with Gasteiger partial charge in [0.1, 0.15) is 17.6 Å². The lowest BCUT2D eigenvalue weighted by Gasteiger charge is -2.28. The number of hydrogen-bond acceptors (Lipinski definition) is 6. The molecule has 39 heavy (non-hydrogen) atoms. The largest absolute Gasteiger partial charge is 0.493 e. The maximum atomic E-state index is 11.9. The number of carbonyl (C=O) groups is 1. The highest BCUT2D eigenvalue weighted by Crippen LogP contribution is 2.33. The minimum Gasteiger partial charge on any atom is -0.493 e. The Morgan fingerprint density at radius 2 is 1.69 bits per heavy atom. The van der Waals surface area contributed by atoms with Gasteiger partial charge in [0.15, 0.2) is 0 Å². The molecule has 0 aliphatic rings. The molecule has 5 aromatic rings. The molecule has 0 saturated heterocycles. The van der Waals surface area contributed by atoms with Crippen LogP contribution in [0.25, 0.3) is 20.9 Å². The minimum absolute atomic E-state index is 0.482. The number of nitrogens with zero attached hydrogens (tertiary/aromatic N) is 2. The molecule has 0 bridgehead atoms. The van der Waals surface area contributed by atoms with Crippen LogP contribution in [-0.2, 0) is 24.3 Å². The maximum Gasteiger partial charge on any atom is 0.320 e. The van der Waals surface area contributed by atoms with Gasteiger partial charge in [-0.2, -0.15) is 0 Å². The number of hydrogen-bond donors (Lipinski definition) is 1. The fourth-order valence-corrected chi connectivity index (χ4v) is 5.72. The van der Waals surface area contributed by atoms with Gasteiger partial charge in [0.2, 0.25) is 5.89 Å². The first kappa shape index (κ1) is 26.7. The molecule has 200 valence electrons. The van der Waals surface area contributed by atoms with Gasteiger partial charge >= 0.3 is 5.97 Å². The molecule has 0 spiro atoms. The van der Waals surface area contributed by atoms with E-state index in [9.17, 15) is 9.90 Å². The Labute approximate surface area is 232 Å². The van der Waals surface area contributed by atoms with Crippen molar-refractivity contribution >= 4 is 27.4 Å². The smallest absolute Gasteiger partial charge is 0.320 e. The van der Waals surface area contributed by atoms with Crippen molar-refractivity contribution in [3.8, 4) is 16.5 Å². The monoisotopic (exact) mass is 540 g/mol. The summed E-state index contributed by atoms with van der Waals surface area (Å²) in [6.07, 6.45) is 1.18. The molecule has 2 heterocycles. The summed E-state index contributed by atoms with van der Waals surface area (Å²) in [5.74, 6) is 1.43. The van der Waals surface area contributed by atoms with E-state index in [-0.39, 0.29) is 0 Å². The van der Waals surface area contributed by atoms with Crippen LogP contribution in [0.1, 0.15) is 35.9 Å². The topological polar surface area (TPSA) is 75.8 Å². The number of ether oxygens (including phenoxy) is 1. The van der Waals surface area contributed by atoms with E-state index in [0.717, 1.165) is 33.2 Å². The molecule has 1 atom stereocenters. The van der Waals surface area contributed by atoms with Crippen LogP contribution in [-0.4, -0.2) is 33.6 Å². The summed E-state index contributed by atoms with van der Waals surface area (Å²) in [4.78, 5) is 19.7. The molecule has 0 radical (unpaired) electrons. The Kier molecular flexibility index (Phi) is 8.39. The molecule has 5 rings (SSSR count). The second-order valence-corrected chi connectivity index (χ2v) is 10.6. The number of aliphatic carboxylic acids is 1. The van der Waals surface area contributed by atoms with Crippen LogP contribution >= 0.6 is 11.3 Å². The summed E-state index contributed by atoms with van der Waals surface area (Å²) in [6.45, 7) is 5.45. The van der Waals surface area contributed by atoms with E-state index in [2.05, 4.69) is 18.2 Å². The van der Waals surface area contributed by atoms with Crippen molar-refractivity contribution in [3.63, 3.8) is 0 Å². The molecule has 3 aromatic carbocycles. The highest BCUT2D eigenvalue weighted by atomic mass is 32.1. The molecule has 0 saturated carbocycles. The van der Waals surface area contributed by atoms with E-state index in [1.807, 2.05) is 85.5 Å². The average molecular weight is 541 g/mol. The first-order valence-electron chi connectivity index (χ1n) is 13.2. The van der Waals surface area contributed by atoms with Crippen LogP contribution in [0.5, 0.6) is 5.75 Å². The number of carboxylic acid groups (broad SMARTS) is 1. The summed E-state index contributed by atoms with van der Waals surface area (Å²) in [5.41, 5.74) is 3.03. The Hall–Kier alpha value is -3.94. The summed E-state index contributed by atoms with van der Waals surface area (Å²) in [7, 11) is 0. The number of oxazole rings is 1. The number of fused-ring (bicyclic) bond motifs is 1. The van der Waals surface area contributed by atoms with Crippen LogP contribution in [0.4, 0.5) is 0 Å². The number of benzene rings is 3. The number of thiophene rings is 1. The molecule has 1 unspecified atom stereocenters. The fourth-order valence-electron chi connectivity index (χ4n) is 4.73. The van der Waals surface area contributed by atoms with E-state index < -0.39 is 12.0 Å². The molecule has 0 fully saturated rings. The lowest BCUT2D eigenvalue weighted by Crippen LogP contribution is -2.39. The van der Waals surface area contributed by atoms with Gasteiger partial charge in [-0.15, -0.1) is 11.3 Å². The highest BCUT2D eigenvalue weighted by molar-refractivity contribution is 7.22. The number of carboxylic acids is 1. The van der Waals surface area contributed by atoms with Crippen molar-refractivity contribution < 1.29 is 19.1 Å². The van der Waals surface area contributed by atoms with Crippen LogP contribution < -0.4 is 4.74 Å². The maximum absolute atomic E-state index is 11.9. The van der Waals surface area contributed by atoms with E-state index in [1.165, 1.54) is 10.1 Å². The van der Waals surface area contributed by atoms with Crippen molar-refractivity contribution in [2.24, 2.45) is 0 Å². The van der Waals surface area contributed by atoms with Gasteiger partial charge in [0.25, 0.3) is 0 Å². The van der Waals surface area contributed by atoms with Crippen molar-refractivity contribution in [2.75, 3.05) is 6.61 Å². The predicted molar refractivity (Wildman–Crippen MR) is 155 cm³/mol. The molecule has 0 amide bonds. The summed E-state index contributed by atoms with van der Waals surface area (Å²) < 4.78 is 13.2. The summed E-state index contributed by atoms with van der Waals surface area (Å²) >= 11 is 1.68. The zero-order valence-electron chi connectivity index (χ0n) is 22.2. The van der Waals surface area contributed by atoms with Crippen molar-refractivity contribution in [1.82, 2.24) is 9.88 Å². The van der Waals surface area contributed by atoms with E-state index in [4.69, 9.17) is 14.1 Å². The van der Waals surface area contributed by atoms with Crippen LogP contribution in [0.15, 0.2) is 89.3 Å². The van der Waals surface area contributed by atoms with Crippen LogP contribution in [0.2, 0.25) is 0 Å². The third-order valence-corrected chi connectivity index (χ3v) is 7.89. The SMILES string of the molecule is CCC(C(=O)O)N(Cc1ccccc1)Cc1ccc(OCCc2nc(-c3cc4ccccc4s3)oc2C)cc1. The zero-order chi connectivity index (χ0) is 27.2. The van der Waals surface area contributed by atoms with Crippen LogP contribution in [0, 0.1) is 6.92 Å². The minimum atomic E-state index is -0.799. The standard InChI is InChI=1S/C32H32N2O4S/c1-3-28(32(35)36)34(20-23-9-5-4-6-10-23)21-24-13-15-26(16-14-24)37-18-17-27-22(2)38-31(33-27)30-19-25-11-7-8-12-29(25)39-30/h4-16,19,28H,3,17-18,20-21H2,1-2H3,(H,35,36). The van der Waals surface area contributed by atoms with Gasteiger partial charge in [-0.05, 0) is 54.1 Å². The van der Waals surface area contributed by atoms with Gasteiger partial charge in [0.05, 0.1) is 17.2 Å². The molecule has 0 aliphatic carbocycles. The van der Waals surface area contributed by atoms with E-state index in [1.54, 1.807) is 11.3 Å². The molecular formula is C32H32N2O4S. The highest BCUT2D eigenvalue weighted by Gasteiger charge is 2.24. The quantitative estimate of drug-likeness (QED) is 0.178. The Morgan fingerprint density at radius 1 is 1.00 bits per heavy atom. The van der Waals surface area contributed by atoms with Crippen molar-refractivity contribution in [2.45, 2.75) is 45.8 Å². The third kappa shape index (κ3) is 6.56. The predicted octanol–water partition coefficient (Wildman–Crippen LogP) is 7.35. The van der Waals surface area contributed by atoms with Gasteiger partial charge in [-0.3, -0.25) is 9.69 Å². The molecule has 6 nitrogen and oxygen atoms in total. The first-order chi connectivity index (χ1) is 19.0. The summed E-state index contributed by atoms with van der Waals surface area (Å²) in [5, 5.41) is 11.0. The number of aromatic nitrogens is 1. The molecule has 7 heteroatoms. The number of aryl methyl sites for hydroxylation is 1. The first-order valence-corrected chi connectivity index (χ1v) is 14.0. The van der Waals surface area contributed by atoms with Gasteiger partial charge in [-0.1, -0.05) is 67.6 Å². The van der Waals surface area contributed by atoms with E-state index in [0.29, 0.717) is 38.4 Å². The van der Waals surface area contributed by atoms with Crippen LogP contribution in [0.3, 0.4) is 0 Å². The normalized spacial score (nSPS) is 12.2. The summed E-state index contributed by atoms with van der Waals surface area (Å²) in [6, 6.07) is 27.7. The van der Waals surface area contributed by atoms with Crippen molar-refractivity contribution in [1.29, 1.82) is 0 Å². The Bertz CT molecular complexity index is 1490. The number of rotatable bonds is 12. The lowest BCUT2D eigenvalue weighted by molar-refractivity contribution is -0.144. The Balaban J connectivity index is 1.19. The zero-order valence-corrected chi connectivity index (χ0v) is 23.0. The van der Waals surface area contributed by atoms with Crippen molar-refractivity contribution in [3.05, 3.63) is 108 Å².